The van der Waals surface area contributed by atoms with Crippen molar-refractivity contribution in [2.75, 3.05) is 50.4 Å². The van der Waals surface area contributed by atoms with Gasteiger partial charge in [0.2, 0.25) is 0 Å². The van der Waals surface area contributed by atoms with E-state index in [2.05, 4.69) is 62.9 Å². The van der Waals surface area contributed by atoms with Crippen LogP contribution < -0.4 is 21.7 Å². The van der Waals surface area contributed by atoms with Gasteiger partial charge in [0.15, 0.2) is 11.5 Å². The summed E-state index contributed by atoms with van der Waals surface area (Å²) in [6.45, 7) is 11.6. The van der Waals surface area contributed by atoms with E-state index in [1.807, 2.05) is 13.8 Å². The summed E-state index contributed by atoms with van der Waals surface area (Å²) in [6, 6.07) is 7.49. The predicted molar refractivity (Wildman–Crippen MR) is 164 cm³/mol. The van der Waals surface area contributed by atoms with Crippen molar-refractivity contribution < 1.29 is 9.90 Å². The van der Waals surface area contributed by atoms with Crippen molar-refractivity contribution in [2.24, 2.45) is 5.73 Å². The smallest absolute Gasteiger partial charge is 0.271 e. The molecule has 10 heteroatoms. The summed E-state index contributed by atoms with van der Waals surface area (Å²) in [7, 11) is 2.21. The molecule has 5 rings (SSSR count). The second-order valence-electron chi connectivity index (χ2n) is 12.6. The monoisotopic (exact) mass is 564 g/mol. The van der Waals surface area contributed by atoms with Gasteiger partial charge in [-0.15, -0.1) is 0 Å². The number of nitrogens with one attached hydrogen (secondary N) is 3. The first kappa shape index (κ1) is 29.7. The third-order valence-electron chi connectivity index (χ3n) is 9.28. The molecule has 3 fully saturated rings. The van der Waals surface area contributed by atoms with Gasteiger partial charge in [0.05, 0.1) is 11.3 Å². The van der Waals surface area contributed by atoms with Crippen LogP contribution in [-0.4, -0.2) is 88.2 Å². The SMILES string of the molecule is CCc1nc(C(N)=O)c(Nc2ccc(C3CC(N4CCN(C)CC4)CCN3)c(C)c2)nc1NC1CCC(C)(O)CC1. The second kappa shape index (κ2) is 12.6. The molecule has 6 N–H and O–H groups in total. The maximum atomic E-state index is 12.4. The number of piperidine rings is 1. The van der Waals surface area contributed by atoms with Crippen molar-refractivity contribution in [3.05, 3.63) is 40.7 Å². The lowest BCUT2D eigenvalue weighted by molar-refractivity contribution is 0.0196. The van der Waals surface area contributed by atoms with Crippen molar-refractivity contribution in [3.8, 4) is 0 Å². The minimum Gasteiger partial charge on any atom is -0.390 e. The molecular formula is C31H48N8O2. The number of aryl methyl sites for hydroxylation is 2. The zero-order valence-electron chi connectivity index (χ0n) is 25.2. The summed E-state index contributed by atoms with van der Waals surface area (Å²) in [5.74, 6) is 0.420. The van der Waals surface area contributed by atoms with Gasteiger partial charge in [-0.05, 0) is 95.6 Å². The Morgan fingerprint density at radius 1 is 1.15 bits per heavy atom. The molecule has 0 bridgehead atoms. The largest absolute Gasteiger partial charge is 0.390 e. The highest BCUT2D eigenvalue weighted by Crippen LogP contribution is 2.33. The number of aliphatic hydroxyl groups is 1. The maximum Gasteiger partial charge on any atom is 0.271 e. The molecule has 1 saturated carbocycles. The Labute approximate surface area is 244 Å². The molecule has 41 heavy (non-hydrogen) atoms. The van der Waals surface area contributed by atoms with E-state index in [9.17, 15) is 9.90 Å². The van der Waals surface area contributed by atoms with Crippen molar-refractivity contribution in [1.82, 2.24) is 25.1 Å². The van der Waals surface area contributed by atoms with Crippen molar-refractivity contribution >= 4 is 23.2 Å². The molecule has 2 saturated heterocycles. The Morgan fingerprint density at radius 3 is 2.54 bits per heavy atom. The number of benzene rings is 1. The van der Waals surface area contributed by atoms with Gasteiger partial charge in [0, 0.05) is 50.0 Å². The Kier molecular flexibility index (Phi) is 9.13. The lowest BCUT2D eigenvalue weighted by atomic mass is 9.83. The van der Waals surface area contributed by atoms with E-state index in [0.29, 0.717) is 35.8 Å². The maximum absolute atomic E-state index is 12.4. The van der Waals surface area contributed by atoms with Crippen LogP contribution in [0.1, 0.15) is 85.7 Å². The summed E-state index contributed by atoms with van der Waals surface area (Å²) < 4.78 is 0. The zero-order chi connectivity index (χ0) is 29.1. The number of hydrogen-bond acceptors (Lipinski definition) is 9. The highest BCUT2D eigenvalue weighted by molar-refractivity contribution is 5.96. The molecule has 1 aromatic carbocycles. The van der Waals surface area contributed by atoms with Gasteiger partial charge in [-0.3, -0.25) is 9.69 Å². The number of carbonyl (C=O) groups excluding carboxylic acids is 1. The number of nitrogens with zero attached hydrogens (tertiary/aromatic N) is 4. The molecule has 0 spiro atoms. The topological polar surface area (TPSA) is 132 Å². The van der Waals surface area contributed by atoms with E-state index in [0.717, 1.165) is 70.5 Å². The molecule has 1 aromatic heterocycles. The van der Waals surface area contributed by atoms with E-state index in [-0.39, 0.29) is 11.7 Å². The third-order valence-corrected chi connectivity index (χ3v) is 9.28. The van der Waals surface area contributed by atoms with Crippen LogP contribution in [0.4, 0.5) is 17.3 Å². The Balaban J connectivity index is 1.32. The quantitative estimate of drug-likeness (QED) is 0.328. The molecule has 2 unspecified atom stereocenters. The fourth-order valence-corrected chi connectivity index (χ4v) is 6.60. The van der Waals surface area contributed by atoms with Gasteiger partial charge < -0.3 is 31.7 Å². The number of carbonyl (C=O) groups is 1. The lowest BCUT2D eigenvalue weighted by Gasteiger charge is -2.42. The van der Waals surface area contributed by atoms with Gasteiger partial charge in [-0.25, -0.2) is 9.97 Å². The van der Waals surface area contributed by atoms with Crippen LogP contribution in [0.15, 0.2) is 18.2 Å². The molecule has 2 atom stereocenters. The number of anilines is 3. The van der Waals surface area contributed by atoms with Crippen LogP contribution in [0.2, 0.25) is 0 Å². The molecular weight excluding hydrogens is 516 g/mol. The summed E-state index contributed by atoms with van der Waals surface area (Å²) in [5, 5.41) is 21.0. The van der Waals surface area contributed by atoms with Crippen LogP contribution in [0, 0.1) is 6.92 Å². The normalized spacial score (nSPS) is 27.9. The van der Waals surface area contributed by atoms with Crippen molar-refractivity contribution in [1.29, 1.82) is 0 Å². The Bertz CT molecular complexity index is 1220. The Hall–Kier alpha value is -2.79. The number of likely N-dealkylation sites (N-methyl/N-ethyl adjacent to an activating group) is 1. The molecule has 1 aliphatic carbocycles. The van der Waals surface area contributed by atoms with Crippen LogP contribution in [-0.2, 0) is 6.42 Å². The minimum atomic E-state index is -0.608. The third kappa shape index (κ3) is 7.17. The molecule has 0 radical (unpaired) electrons. The molecule has 3 aliphatic rings. The van der Waals surface area contributed by atoms with Crippen molar-refractivity contribution in [3.63, 3.8) is 0 Å². The van der Waals surface area contributed by atoms with Gasteiger partial charge in [0.1, 0.15) is 5.82 Å². The van der Waals surface area contributed by atoms with Gasteiger partial charge in [-0.1, -0.05) is 13.0 Å². The number of piperazine rings is 1. The fraction of sp³-hybridized carbons (Fsp3) is 0.645. The number of aromatic nitrogens is 2. The number of rotatable bonds is 8. The number of nitrogens with two attached hydrogens (primary N) is 1. The first-order valence-corrected chi connectivity index (χ1v) is 15.3. The first-order valence-electron chi connectivity index (χ1n) is 15.3. The average Bonchev–Trinajstić information content (AvgIpc) is 2.95. The van der Waals surface area contributed by atoms with Crippen LogP contribution >= 0.6 is 0 Å². The van der Waals surface area contributed by atoms with E-state index < -0.39 is 11.5 Å². The van der Waals surface area contributed by atoms with E-state index in [4.69, 9.17) is 10.7 Å². The Morgan fingerprint density at radius 2 is 1.88 bits per heavy atom. The summed E-state index contributed by atoms with van der Waals surface area (Å²) in [5.41, 5.74) is 9.34. The summed E-state index contributed by atoms with van der Waals surface area (Å²) >= 11 is 0. The highest BCUT2D eigenvalue weighted by atomic mass is 16.3. The van der Waals surface area contributed by atoms with Crippen LogP contribution in [0.5, 0.6) is 0 Å². The van der Waals surface area contributed by atoms with E-state index >= 15 is 0 Å². The number of amides is 1. The number of primary amides is 1. The van der Waals surface area contributed by atoms with Gasteiger partial charge in [-0.2, -0.15) is 0 Å². The molecule has 1 amide bonds. The average molecular weight is 565 g/mol. The van der Waals surface area contributed by atoms with Gasteiger partial charge >= 0.3 is 0 Å². The number of hydrogen-bond donors (Lipinski definition) is 5. The van der Waals surface area contributed by atoms with E-state index in [1.54, 1.807) is 0 Å². The summed E-state index contributed by atoms with van der Waals surface area (Å²) in [4.78, 5) is 26.9. The molecule has 2 aliphatic heterocycles. The van der Waals surface area contributed by atoms with E-state index in [1.165, 1.54) is 17.5 Å². The van der Waals surface area contributed by atoms with Gasteiger partial charge in [0.25, 0.3) is 5.91 Å². The first-order chi connectivity index (χ1) is 19.6. The molecule has 10 nitrogen and oxygen atoms in total. The molecule has 3 heterocycles. The highest BCUT2D eigenvalue weighted by Gasteiger charge is 2.31. The second-order valence-corrected chi connectivity index (χ2v) is 12.6. The zero-order valence-corrected chi connectivity index (χ0v) is 25.2. The molecule has 224 valence electrons. The minimum absolute atomic E-state index is 0.143. The lowest BCUT2D eigenvalue weighted by Crippen LogP contribution is -2.52. The summed E-state index contributed by atoms with van der Waals surface area (Å²) in [6.07, 6.45) is 6.10. The van der Waals surface area contributed by atoms with Crippen LogP contribution in [0.25, 0.3) is 0 Å². The molecule has 2 aromatic rings. The van der Waals surface area contributed by atoms with Crippen LogP contribution in [0.3, 0.4) is 0 Å². The standard InChI is InChI=1S/C31H48N8O2/c1-5-25-29(34-21-8-11-31(3,41)12-9-21)37-30(27(36-25)28(32)40)35-22-6-7-24(20(2)18-22)26-19-23(10-13-33-26)39-16-14-38(4)15-17-39/h6-7,18,21,23,26,33,41H,5,8-17,19H2,1-4H3,(H2,32,40)(H2,34,35,37). The fourth-order valence-electron chi connectivity index (χ4n) is 6.60. The van der Waals surface area contributed by atoms with Crippen molar-refractivity contribution in [2.45, 2.75) is 89.4 Å². The predicted octanol–water partition coefficient (Wildman–Crippen LogP) is 3.34.